The smallest absolute Gasteiger partial charge is 0.401 e. The molecule has 1 aliphatic rings. The van der Waals surface area contributed by atoms with Crippen molar-refractivity contribution in [3.63, 3.8) is 0 Å². The fourth-order valence-corrected chi connectivity index (χ4v) is 2.62. The van der Waals surface area contributed by atoms with Crippen molar-refractivity contribution in [3.05, 3.63) is 0 Å². The number of carbonyl (C=O) groups is 1. The molecule has 1 saturated heterocycles. The van der Waals surface area contributed by atoms with E-state index in [1.54, 1.807) is 4.90 Å². The number of hydrogen-bond acceptors (Lipinski definition) is 4. The Morgan fingerprint density at radius 2 is 2.05 bits per heavy atom. The summed E-state index contributed by atoms with van der Waals surface area (Å²) in [7, 11) is 0. The summed E-state index contributed by atoms with van der Waals surface area (Å²) in [4.78, 5) is 12.4. The van der Waals surface area contributed by atoms with Gasteiger partial charge in [0.15, 0.2) is 0 Å². The van der Waals surface area contributed by atoms with Crippen molar-refractivity contribution in [1.82, 2.24) is 10.2 Å². The topological polar surface area (TPSA) is 72.8 Å². The van der Waals surface area contributed by atoms with Gasteiger partial charge in [-0.05, 0) is 25.2 Å². The number of piperidine rings is 1. The number of aliphatic hydroxyl groups is 1. The number of halogens is 3. The molecule has 2 unspecified atom stereocenters. The van der Waals surface area contributed by atoms with Gasteiger partial charge in [-0.1, -0.05) is 0 Å². The highest BCUT2D eigenvalue weighted by atomic mass is 19.4. The molecule has 0 aromatic carbocycles. The maximum absolute atomic E-state index is 12.2. The van der Waals surface area contributed by atoms with Crippen LogP contribution in [-0.2, 0) is 4.79 Å². The Labute approximate surface area is 115 Å². The van der Waals surface area contributed by atoms with Gasteiger partial charge in [0, 0.05) is 25.7 Å². The number of rotatable bonds is 7. The molecular formula is C12H21F3N2O3. The summed E-state index contributed by atoms with van der Waals surface area (Å²) in [5.41, 5.74) is 0. The highest BCUT2D eigenvalue weighted by Gasteiger charge is 2.32. The molecule has 0 radical (unpaired) electrons. The van der Waals surface area contributed by atoms with Crippen molar-refractivity contribution < 1.29 is 28.2 Å². The number of aliphatic hydroxyl groups excluding tert-OH is 1. The summed E-state index contributed by atoms with van der Waals surface area (Å²) in [6, 6.07) is -0.367. The van der Waals surface area contributed by atoms with Crippen molar-refractivity contribution in [1.29, 1.82) is 0 Å². The van der Waals surface area contributed by atoms with Crippen LogP contribution in [0, 0.1) is 5.92 Å². The van der Waals surface area contributed by atoms with Crippen LogP contribution in [-0.4, -0.2) is 66.1 Å². The molecule has 0 aromatic rings. The highest BCUT2D eigenvalue weighted by Crippen LogP contribution is 2.22. The number of alkyl halides is 3. The molecule has 0 amide bonds. The van der Waals surface area contributed by atoms with E-state index in [0.29, 0.717) is 32.4 Å². The predicted octanol–water partition coefficient (Wildman–Crippen LogP) is 0.686. The summed E-state index contributed by atoms with van der Waals surface area (Å²) in [6.45, 7) is -0.338. The van der Waals surface area contributed by atoms with Crippen molar-refractivity contribution in [2.45, 2.75) is 31.5 Å². The second kappa shape index (κ2) is 7.80. The lowest BCUT2D eigenvalue weighted by molar-refractivity contribution is -0.139. The lowest BCUT2D eigenvalue weighted by Crippen LogP contribution is -2.52. The van der Waals surface area contributed by atoms with Crippen molar-refractivity contribution in [2.24, 2.45) is 5.92 Å². The number of aliphatic carboxylic acids is 1. The van der Waals surface area contributed by atoms with E-state index in [1.807, 2.05) is 0 Å². The molecular weight excluding hydrogens is 277 g/mol. The van der Waals surface area contributed by atoms with Gasteiger partial charge >= 0.3 is 12.1 Å². The Morgan fingerprint density at radius 1 is 1.35 bits per heavy atom. The van der Waals surface area contributed by atoms with Crippen molar-refractivity contribution >= 4 is 5.97 Å². The second-order valence-electron chi connectivity index (χ2n) is 5.25. The zero-order valence-electron chi connectivity index (χ0n) is 11.2. The minimum absolute atomic E-state index is 0.0378. The van der Waals surface area contributed by atoms with E-state index in [4.69, 9.17) is 10.2 Å². The Bertz CT molecular complexity index is 313. The molecule has 20 heavy (non-hydrogen) atoms. The third-order valence-corrected chi connectivity index (χ3v) is 3.33. The minimum atomic E-state index is -4.27. The molecule has 0 aliphatic carbocycles. The second-order valence-corrected chi connectivity index (χ2v) is 5.25. The lowest BCUT2D eigenvalue weighted by Gasteiger charge is -2.37. The average Bonchev–Trinajstić information content (AvgIpc) is 2.32. The van der Waals surface area contributed by atoms with E-state index in [-0.39, 0.29) is 25.1 Å². The van der Waals surface area contributed by atoms with Gasteiger partial charge in [0.1, 0.15) is 0 Å². The van der Waals surface area contributed by atoms with Gasteiger partial charge in [-0.3, -0.25) is 9.69 Å². The summed E-state index contributed by atoms with van der Waals surface area (Å²) in [5, 5.41) is 20.1. The van der Waals surface area contributed by atoms with Crippen LogP contribution in [0.4, 0.5) is 13.2 Å². The zero-order valence-corrected chi connectivity index (χ0v) is 11.2. The molecule has 0 aromatic heterocycles. The molecule has 2 atom stereocenters. The Kier molecular flexibility index (Phi) is 6.70. The maximum Gasteiger partial charge on any atom is 0.401 e. The SMILES string of the molecule is O=C(O)CN1CC(CCCO)CC(NCC(F)(F)F)C1. The first-order valence-corrected chi connectivity index (χ1v) is 6.65. The van der Waals surface area contributed by atoms with Crippen LogP contribution in [0.3, 0.4) is 0 Å². The van der Waals surface area contributed by atoms with Crippen LogP contribution < -0.4 is 5.32 Å². The number of carboxylic acid groups (broad SMARTS) is 1. The van der Waals surface area contributed by atoms with Gasteiger partial charge < -0.3 is 15.5 Å². The van der Waals surface area contributed by atoms with E-state index in [2.05, 4.69) is 5.32 Å². The highest BCUT2D eigenvalue weighted by molar-refractivity contribution is 5.69. The van der Waals surface area contributed by atoms with Gasteiger partial charge in [0.05, 0.1) is 13.1 Å². The minimum Gasteiger partial charge on any atom is -0.480 e. The quantitative estimate of drug-likeness (QED) is 0.645. The summed E-state index contributed by atoms with van der Waals surface area (Å²) >= 11 is 0. The summed E-state index contributed by atoms with van der Waals surface area (Å²) < 4.78 is 36.6. The molecule has 5 nitrogen and oxygen atoms in total. The first-order valence-electron chi connectivity index (χ1n) is 6.65. The monoisotopic (exact) mass is 298 g/mol. The number of likely N-dealkylation sites (tertiary alicyclic amines) is 1. The molecule has 118 valence electrons. The van der Waals surface area contributed by atoms with Crippen molar-refractivity contribution in [2.75, 3.05) is 32.8 Å². The Morgan fingerprint density at radius 3 is 2.60 bits per heavy atom. The molecule has 8 heteroatoms. The third kappa shape index (κ3) is 7.06. The number of hydrogen-bond donors (Lipinski definition) is 3. The van der Waals surface area contributed by atoms with E-state index in [0.717, 1.165) is 0 Å². The predicted molar refractivity (Wildman–Crippen MR) is 66.3 cm³/mol. The van der Waals surface area contributed by atoms with Crippen molar-refractivity contribution in [3.8, 4) is 0 Å². The van der Waals surface area contributed by atoms with E-state index in [9.17, 15) is 18.0 Å². The number of nitrogens with zero attached hydrogens (tertiary/aromatic N) is 1. The van der Waals surface area contributed by atoms with Crippen LogP contribution in [0.1, 0.15) is 19.3 Å². The largest absolute Gasteiger partial charge is 0.480 e. The molecule has 1 aliphatic heterocycles. The standard InChI is InChI=1S/C12H21F3N2O3/c13-12(14,15)8-16-10-4-9(2-1-3-18)5-17(6-10)7-11(19)20/h9-10,16,18H,1-8H2,(H,19,20). The normalized spacial score (nSPS) is 24.8. The van der Waals surface area contributed by atoms with Gasteiger partial charge in [-0.2, -0.15) is 13.2 Å². The lowest BCUT2D eigenvalue weighted by atomic mass is 9.90. The molecule has 3 N–H and O–H groups in total. The molecule has 1 rings (SSSR count). The molecule has 0 spiro atoms. The summed E-state index contributed by atoms with van der Waals surface area (Å²) in [5.74, 6) is -0.872. The Hall–Kier alpha value is -0.860. The fourth-order valence-electron chi connectivity index (χ4n) is 2.62. The Balaban J connectivity index is 2.52. The van der Waals surface area contributed by atoms with Crippen LogP contribution in [0.5, 0.6) is 0 Å². The van der Waals surface area contributed by atoms with Gasteiger partial charge in [0.25, 0.3) is 0 Å². The van der Waals surface area contributed by atoms with Gasteiger partial charge in [0.2, 0.25) is 0 Å². The van der Waals surface area contributed by atoms with Crippen LogP contribution in [0.15, 0.2) is 0 Å². The number of nitrogens with one attached hydrogen (secondary N) is 1. The average molecular weight is 298 g/mol. The fraction of sp³-hybridized carbons (Fsp3) is 0.917. The van der Waals surface area contributed by atoms with E-state index < -0.39 is 18.7 Å². The molecule has 1 heterocycles. The van der Waals surface area contributed by atoms with E-state index in [1.165, 1.54) is 0 Å². The van der Waals surface area contributed by atoms with Crippen LogP contribution in [0.2, 0.25) is 0 Å². The third-order valence-electron chi connectivity index (χ3n) is 3.33. The van der Waals surface area contributed by atoms with Gasteiger partial charge in [-0.15, -0.1) is 0 Å². The number of carboxylic acids is 1. The van der Waals surface area contributed by atoms with Crippen LogP contribution >= 0.6 is 0 Å². The first-order chi connectivity index (χ1) is 9.30. The summed E-state index contributed by atoms with van der Waals surface area (Å²) in [6.07, 6.45) is -2.42. The molecule has 0 bridgehead atoms. The zero-order chi connectivity index (χ0) is 15.2. The maximum atomic E-state index is 12.2. The van der Waals surface area contributed by atoms with E-state index >= 15 is 0 Å². The first kappa shape index (κ1) is 17.2. The van der Waals surface area contributed by atoms with Crippen LogP contribution in [0.25, 0.3) is 0 Å². The van der Waals surface area contributed by atoms with Gasteiger partial charge in [-0.25, -0.2) is 0 Å². The molecule has 0 saturated carbocycles. The molecule has 1 fully saturated rings.